The van der Waals surface area contributed by atoms with Crippen molar-refractivity contribution in [3.8, 4) is 0 Å². The van der Waals surface area contributed by atoms with Gasteiger partial charge in [-0.05, 0) is 43.7 Å². The van der Waals surface area contributed by atoms with Crippen molar-refractivity contribution >= 4 is 29.1 Å². The van der Waals surface area contributed by atoms with Crippen molar-refractivity contribution in [1.82, 2.24) is 5.32 Å². The van der Waals surface area contributed by atoms with Gasteiger partial charge in [-0.3, -0.25) is 9.59 Å². The Balaban J connectivity index is 1.90. The van der Waals surface area contributed by atoms with E-state index in [1.54, 1.807) is 13.8 Å². The molecule has 7 heteroatoms. The van der Waals surface area contributed by atoms with Crippen LogP contribution >= 0.6 is 11.3 Å². The van der Waals surface area contributed by atoms with Gasteiger partial charge in [0.1, 0.15) is 5.92 Å². The molecular formula is C28H31NO5S. The van der Waals surface area contributed by atoms with E-state index in [-0.39, 0.29) is 24.9 Å². The quantitative estimate of drug-likeness (QED) is 0.400. The summed E-state index contributed by atoms with van der Waals surface area (Å²) in [7, 11) is 0. The second kappa shape index (κ2) is 11.0. The van der Waals surface area contributed by atoms with Gasteiger partial charge in [-0.1, -0.05) is 49.7 Å². The fourth-order valence-electron chi connectivity index (χ4n) is 5.10. The SMILES string of the molecule is CCCC1=C(C(=O)OCC)[C@H](c2ccccc2)C2=C(C[C@H](c3cccs3)[C@@H](C(=O)OCC)C2=O)N1. The summed E-state index contributed by atoms with van der Waals surface area (Å²) in [4.78, 5) is 41.6. The maximum absolute atomic E-state index is 14.2. The Labute approximate surface area is 210 Å². The molecule has 0 saturated heterocycles. The molecule has 2 aliphatic rings. The van der Waals surface area contributed by atoms with Gasteiger partial charge in [0.2, 0.25) is 0 Å². The molecule has 0 spiro atoms. The standard InChI is InChI=1S/C28H31NO5S/c1-4-11-19-25(28(32)34-6-3)22(17-12-8-7-9-13-17)24-20(29-19)16-18(21-14-10-15-35-21)23(26(24)30)27(31)33-5-2/h7-10,12-15,18,22-23,29H,4-6,11,16H2,1-3H3/t18-,22-,23-/m1/s1. The number of ether oxygens (including phenoxy) is 2. The van der Waals surface area contributed by atoms with Gasteiger partial charge in [0, 0.05) is 33.7 Å². The number of nitrogens with one attached hydrogen (secondary N) is 1. The predicted octanol–water partition coefficient (Wildman–Crippen LogP) is 5.24. The van der Waals surface area contributed by atoms with Gasteiger partial charge in [-0.25, -0.2) is 4.79 Å². The topological polar surface area (TPSA) is 81.7 Å². The van der Waals surface area contributed by atoms with Gasteiger partial charge in [0.05, 0.1) is 18.8 Å². The van der Waals surface area contributed by atoms with Gasteiger partial charge >= 0.3 is 11.9 Å². The van der Waals surface area contributed by atoms with E-state index in [0.717, 1.165) is 28.3 Å². The summed E-state index contributed by atoms with van der Waals surface area (Å²) in [5, 5.41) is 5.40. The van der Waals surface area contributed by atoms with Crippen molar-refractivity contribution in [2.24, 2.45) is 5.92 Å². The summed E-state index contributed by atoms with van der Waals surface area (Å²) in [6.45, 7) is 5.99. The molecule has 1 N–H and O–H groups in total. The molecule has 35 heavy (non-hydrogen) atoms. The van der Waals surface area contributed by atoms with E-state index in [1.165, 1.54) is 11.3 Å². The summed E-state index contributed by atoms with van der Waals surface area (Å²) in [6, 6.07) is 13.4. The van der Waals surface area contributed by atoms with E-state index in [9.17, 15) is 14.4 Å². The van der Waals surface area contributed by atoms with E-state index >= 15 is 0 Å². The largest absolute Gasteiger partial charge is 0.465 e. The molecule has 1 aromatic carbocycles. The van der Waals surface area contributed by atoms with Crippen LogP contribution in [0.4, 0.5) is 0 Å². The smallest absolute Gasteiger partial charge is 0.336 e. The highest BCUT2D eigenvalue weighted by Crippen LogP contribution is 2.49. The second-order valence-corrected chi connectivity index (χ2v) is 9.62. The molecule has 0 amide bonds. The summed E-state index contributed by atoms with van der Waals surface area (Å²) in [5.74, 6) is -3.14. The number of benzene rings is 1. The Morgan fingerprint density at radius 3 is 2.40 bits per heavy atom. The number of thiophene rings is 1. The number of carbonyl (C=O) groups is 3. The Bertz CT molecular complexity index is 1150. The highest BCUT2D eigenvalue weighted by molar-refractivity contribution is 7.10. The first kappa shape index (κ1) is 24.9. The highest BCUT2D eigenvalue weighted by atomic mass is 32.1. The molecule has 184 valence electrons. The zero-order chi connectivity index (χ0) is 24.9. The van der Waals surface area contributed by atoms with Crippen molar-refractivity contribution in [2.75, 3.05) is 13.2 Å². The first-order chi connectivity index (χ1) is 17.0. The number of Topliss-reactive ketones (excluding diaryl/α,β-unsaturated/α-hetero) is 1. The van der Waals surface area contributed by atoms with Crippen LogP contribution in [0.1, 0.15) is 62.3 Å². The highest BCUT2D eigenvalue weighted by Gasteiger charge is 2.49. The molecule has 0 radical (unpaired) electrons. The van der Waals surface area contributed by atoms with Gasteiger partial charge in [0.25, 0.3) is 0 Å². The Morgan fingerprint density at radius 1 is 1.03 bits per heavy atom. The number of hydrogen-bond acceptors (Lipinski definition) is 7. The number of ketones is 1. The lowest BCUT2D eigenvalue weighted by Gasteiger charge is -2.39. The molecular weight excluding hydrogens is 462 g/mol. The Hall–Kier alpha value is -3.19. The van der Waals surface area contributed by atoms with Crippen LogP contribution in [-0.4, -0.2) is 30.9 Å². The molecule has 3 atom stereocenters. The molecule has 1 aliphatic carbocycles. The monoisotopic (exact) mass is 493 g/mol. The minimum absolute atomic E-state index is 0.195. The van der Waals surface area contributed by atoms with Crippen molar-refractivity contribution < 1.29 is 23.9 Å². The van der Waals surface area contributed by atoms with Crippen LogP contribution in [0.15, 0.2) is 70.4 Å². The number of carbonyl (C=O) groups excluding carboxylic acids is 3. The molecule has 0 fully saturated rings. The van der Waals surface area contributed by atoms with Gasteiger partial charge in [-0.2, -0.15) is 0 Å². The Morgan fingerprint density at radius 2 is 1.77 bits per heavy atom. The van der Waals surface area contributed by atoms with E-state index in [4.69, 9.17) is 9.47 Å². The Kier molecular flexibility index (Phi) is 7.86. The van der Waals surface area contributed by atoms with Crippen LogP contribution in [0, 0.1) is 5.92 Å². The zero-order valence-corrected chi connectivity index (χ0v) is 21.2. The van der Waals surface area contributed by atoms with Crippen LogP contribution in [0.3, 0.4) is 0 Å². The maximum Gasteiger partial charge on any atom is 0.336 e. The van der Waals surface area contributed by atoms with Crippen LogP contribution in [-0.2, 0) is 23.9 Å². The lowest BCUT2D eigenvalue weighted by Crippen LogP contribution is -2.43. The van der Waals surface area contributed by atoms with Crippen molar-refractivity contribution in [3.05, 3.63) is 80.8 Å². The van der Waals surface area contributed by atoms with Gasteiger partial charge < -0.3 is 14.8 Å². The molecule has 1 aromatic heterocycles. The normalized spacial score (nSPS) is 21.9. The van der Waals surface area contributed by atoms with Gasteiger partial charge in [0.15, 0.2) is 5.78 Å². The summed E-state index contributed by atoms with van der Waals surface area (Å²) >= 11 is 1.53. The molecule has 0 bridgehead atoms. The lowest BCUT2D eigenvalue weighted by molar-refractivity contribution is -0.152. The zero-order valence-electron chi connectivity index (χ0n) is 20.3. The maximum atomic E-state index is 14.2. The first-order valence-corrected chi connectivity index (χ1v) is 13.1. The van der Waals surface area contributed by atoms with Crippen LogP contribution in [0.25, 0.3) is 0 Å². The summed E-state index contributed by atoms with van der Waals surface area (Å²) in [6.07, 6.45) is 1.95. The summed E-state index contributed by atoms with van der Waals surface area (Å²) < 4.78 is 10.8. The fourth-order valence-corrected chi connectivity index (χ4v) is 5.96. The minimum Gasteiger partial charge on any atom is -0.465 e. The number of esters is 2. The number of dihydropyridines is 1. The molecule has 0 saturated carbocycles. The second-order valence-electron chi connectivity index (χ2n) is 8.64. The molecule has 0 unspecified atom stereocenters. The molecule has 2 aromatic rings. The molecule has 6 nitrogen and oxygen atoms in total. The minimum atomic E-state index is -0.962. The van der Waals surface area contributed by atoms with E-state index < -0.39 is 23.8 Å². The third-order valence-electron chi connectivity index (χ3n) is 6.48. The number of hydrogen-bond donors (Lipinski definition) is 1. The van der Waals surface area contributed by atoms with E-state index in [0.29, 0.717) is 24.0 Å². The molecule has 4 rings (SSSR count). The molecule has 1 aliphatic heterocycles. The third-order valence-corrected chi connectivity index (χ3v) is 7.49. The van der Waals surface area contributed by atoms with Crippen LogP contribution < -0.4 is 5.32 Å². The average Bonchev–Trinajstić information content (AvgIpc) is 3.39. The van der Waals surface area contributed by atoms with Gasteiger partial charge in [-0.15, -0.1) is 11.3 Å². The third kappa shape index (κ3) is 4.82. The lowest BCUT2D eigenvalue weighted by atomic mass is 9.68. The first-order valence-electron chi connectivity index (χ1n) is 12.2. The molecule has 2 heterocycles. The van der Waals surface area contributed by atoms with Crippen molar-refractivity contribution in [3.63, 3.8) is 0 Å². The van der Waals surface area contributed by atoms with Crippen molar-refractivity contribution in [1.29, 1.82) is 0 Å². The van der Waals surface area contributed by atoms with Crippen LogP contribution in [0.5, 0.6) is 0 Å². The van der Waals surface area contributed by atoms with E-state index in [1.807, 2.05) is 47.8 Å². The summed E-state index contributed by atoms with van der Waals surface area (Å²) in [5.41, 5.74) is 3.29. The number of rotatable bonds is 8. The van der Waals surface area contributed by atoms with Crippen LogP contribution in [0.2, 0.25) is 0 Å². The fraction of sp³-hybridized carbons (Fsp3) is 0.393. The predicted molar refractivity (Wildman–Crippen MR) is 135 cm³/mol. The van der Waals surface area contributed by atoms with Crippen molar-refractivity contribution in [2.45, 2.75) is 51.9 Å². The average molecular weight is 494 g/mol. The van der Waals surface area contributed by atoms with E-state index in [2.05, 4.69) is 12.2 Å². The number of allylic oxidation sites excluding steroid dienone is 3.